The Labute approximate surface area is 158 Å². The van der Waals surface area contributed by atoms with Gasteiger partial charge in [-0.25, -0.2) is 0 Å². The van der Waals surface area contributed by atoms with E-state index in [4.69, 9.17) is 9.47 Å². The Hall–Kier alpha value is -3.02. The lowest BCUT2D eigenvalue weighted by atomic mass is 9.94. The summed E-state index contributed by atoms with van der Waals surface area (Å²) in [4.78, 5) is 24.5. The fourth-order valence-corrected chi connectivity index (χ4v) is 2.70. The van der Waals surface area contributed by atoms with Gasteiger partial charge in [0, 0.05) is 11.8 Å². The van der Waals surface area contributed by atoms with Gasteiger partial charge in [-0.1, -0.05) is 12.1 Å². The molecule has 0 saturated carbocycles. The summed E-state index contributed by atoms with van der Waals surface area (Å²) in [6.45, 7) is 6.47. The standard InChI is InChI=1S/C21H24N2O4/c1-4-26-16-8-5-14(6-9-16)11-19(24)22-15-7-10-17-18(12-15)27-13-21(2,3)20(25)23-17/h5-10,12H,4,11,13H2,1-3H3,(H,22,24)(H,23,25). The number of hydrogen-bond donors (Lipinski definition) is 2. The zero-order valence-electron chi connectivity index (χ0n) is 15.8. The minimum Gasteiger partial charge on any atom is -0.494 e. The third kappa shape index (κ3) is 4.58. The highest BCUT2D eigenvalue weighted by Crippen LogP contribution is 2.34. The second-order valence-electron chi connectivity index (χ2n) is 7.14. The summed E-state index contributed by atoms with van der Waals surface area (Å²) in [7, 11) is 0. The molecule has 0 fully saturated rings. The van der Waals surface area contributed by atoms with Crippen LogP contribution in [0.4, 0.5) is 11.4 Å². The molecule has 0 saturated heterocycles. The predicted molar refractivity (Wildman–Crippen MR) is 104 cm³/mol. The van der Waals surface area contributed by atoms with Gasteiger partial charge in [-0.3, -0.25) is 9.59 Å². The first-order chi connectivity index (χ1) is 12.9. The van der Waals surface area contributed by atoms with Crippen LogP contribution in [0.1, 0.15) is 26.3 Å². The average Bonchev–Trinajstić information content (AvgIpc) is 2.73. The van der Waals surface area contributed by atoms with Crippen LogP contribution in [0.3, 0.4) is 0 Å². The summed E-state index contributed by atoms with van der Waals surface area (Å²) in [5.74, 6) is 1.12. The van der Waals surface area contributed by atoms with E-state index < -0.39 is 5.41 Å². The van der Waals surface area contributed by atoms with Crippen LogP contribution in [0.15, 0.2) is 42.5 Å². The van der Waals surface area contributed by atoms with E-state index in [1.54, 1.807) is 18.2 Å². The molecule has 1 aliphatic heterocycles. The van der Waals surface area contributed by atoms with E-state index in [0.717, 1.165) is 11.3 Å². The average molecular weight is 368 g/mol. The lowest BCUT2D eigenvalue weighted by Crippen LogP contribution is -2.33. The van der Waals surface area contributed by atoms with E-state index in [1.165, 1.54) is 0 Å². The zero-order valence-corrected chi connectivity index (χ0v) is 15.8. The first-order valence-corrected chi connectivity index (χ1v) is 8.97. The number of benzene rings is 2. The van der Waals surface area contributed by atoms with Crippen molar-refractivity contribution in [2.75, 3.05) is 23.8 Å². The quantitative estimate of drug-likeness (QED) is 0.845. The van der Waals surface area contributed by atoms with Gasteiger partial charge in [0.05, 0.1) is 24.1 Å². The maximum atomic E-state index is 12.3. The molecule has 142 valence electrons. The number of carbonyl (C=O) groups is 2. The molecule has 2 aromatic carbocycles. The summed E-state index contributed by atoms with van der Waals surface area (Å²) in [6, 6.07) is 12.7. The van der Waals surface area contributed by atoms with E-state index in [-0.39, 0.29) is 24.8 Å². The monoisotopic (exact) mass is 368 g/mol. The molecular weight excluding hydrogens is 344 g/mol. The third-order valence-electron chi connectivity index (χ3n) is 4.32. The fourth-order valence-electron chi connectivity index (χ4n) is 2.70. The van der Waals surface area contributed by atoms with Crippen molar-refractivity contribution in [2.24, 2.45) is 5.41 Å². The van der Waals surface area contributed by atoms with Crippen LogP contribution < -0.4 is 20.1 Å². The van der Waals surface area contributed by atoms with E-state index in [0.29, 0.717) is 23.7 Å². The smallest absolute Gasteiger partial charge is 0.233 e. The minimum absolute atomic E-state index is 0.0893. The SMILES string of the molecule is CCOc1ccc(CC(=O)Nc2ccc3c(c2)OCC(C)(C)C(=O)N3)cc1. The van der Waals surface area contributed by atoms with Crippen molar-refractivity contribution in [1.29, 1.82) is 0 Å². The van der Waals surface area contributed by atoms with E-state index >= 15 is 0 Å². The number of ether oxygens (including phenoxy) is 2. The van der Waals surface area contributed by atoms with Gasteiger partial charge in [-0.2, -0.15) is 0 Å². The summed E-state index contributed by atoms with van der Waals surface area (Å²) in [5, 5.41) is 5.73. The van der Waals surface area contributed by atoms with Crippen LogP contribution in [0.2, 0.25) is 0 Å². The maximum absolute atomic E-state index is 12.3. The van der Waals surface area contributed by atoms with E-state index in [1.807, 2.05) is 45.0 Å². The summed E-state index contributed by atoms with van der Waals surface area (Å²) >= 11 is 0. The Morgan fingerprint density at radius 3 is 2.67 bits per heavy atom. The molecule has 6 heteroatoms. The number of rotatable bonds is 5. The Morgan fingerprint density at radius 2 is 1.96 bits per heavy atom. The van der Waals surface area contributed by atoms with Gasteiger partial charge in [0.1, 0.15) is 18.1 Å². The number of fused-ring (bicyclic) bond motifs is 1. The predicted octanol–water partition coefficient (Wildman–Crippen LogP) is 3.62. The Balaban J connectivity index is 1.65. The number of carbonyl (C=O) groups excluding carboxylic acids is 2. The van der Waals surface area contributed by atoms with Crippen molar-refractivity contribution in [1.82, 2.24) is 0 Å². The van der Waals surface area contributed by atoms with Gasteiger partial charge in [-0.15, -0.1) is 0 Å². The van der Waals surface area contributed by atoms with Crippen molar-refractivity contribution in [2.45, 2.75) is 27.2 Å². The molecule has 0 aromatic heterocycles. The van der Waals surface area contributed by atoms with Crippen molar-refractivity contribution in [3.05, 3.63) is 48.0 Å². The van der Waals surface area contributed by atoms with Gasteiger partial charge < -0.3 is 20.1 Å². The normalized spacial score (nSPS) is 15.0. The van der Waals surface area contributed by atoms with Crippen LogP contribution in [0.5, 0.6) is 11.5 Å². The van der Waals surface area contributed by atoms with Gasteiger partial charge >= 0.3 is 0 Å². The van der Waals surface area contributed by atoms with E-state index in [9.17, 15) is 9.59 Å². The Bertz CT molecular complexity index is 844. The molecule has 0 radical (unpaired) electrons. The molecule has 3 rings (SSSR count). The van der Waals surface area contributed by atoms with Gasteiger partial charge in [-0.05, 0) is 50.6 Å². The summed E-state index contributed by atoms with van der Waals surface area (Å²) in [6.07, 6.45) is 0.258. The second kappa shape index (κ2) is 7.70. The first kappa shape index (κ1) is 18.8. The molecule has 0 bridgehead atoms. The molecular formula is C21H24N2O4. The number of anilines is 2. The molecule has 0 spiro atoms. The van der Waals surface area contributed by atoms with Crippen LogP contribution >= 0.6 is 0 Å². The van der Waals surface area contributed by atoms with Gasteiger partial charge in [0.2, 0.25) is 11.8 Å². The number of amides is 2. The molecule has 1 aliphatic rings. The van der Waals surface area contributed by atoms with Crippen LogP contribution in [0, 0.1) is 5.41 Å². The van der Waals surface area contributed by atoms with Crippen LogP contribution in [-0.2, 0) is 16.0 Å². The number of hydrogen-bond acceptors (Lipinski definition) is 4. The van der Waals surface area contributed by atoms with Crippen molar-refractivity contribution < 1.29 is 19.1 Å². The van der Waals surface area contributed by atoms with Crippen LogP contribution in [-0.4, -0.2) is 25.0 Å². The van der Waals surface area contributed by atoms with Crippen molar-refractivity contribution in [3.63, 3.8) is 0 Å². The highest BCUT2D eigenvalue weighted by molar-refractivity contribution is 5.98. The fraction of sp³-hybridized carbons (Fsp3) is 0.333. The second-order valence-corrected chi connectivity index (χ2v) is 7.14. The van der Waals surface area contributed by atoms with Gasteiger partial charge in [0.25, 0.3) is 0 Å². The minimum atomic E-state index is -0.615. The molecule has 2 aromatic rings. The lowest BCUT2D eigenvalue weighted by Gasteiger charge is -2.18. The molecule has 2 amide bonds. The largest absolute Gasteiger partial charge is 0.494 e. The maximum Gasteiger partial charge on any atom is 0.233 e. The lowest BCUT2D eigenvalue weighted by molar-refractivity contribution is -0.125. The molecule has 0 unspecified atom stereocenters. The molecule has 0 atom stereocenters. The highest BCUT2D eigenvalue weighted by atomic mass is 16.5. The van der Waals surface area contributed by atoms with Crippen LogP contribution in [0.25, 0.3) is 0 Å². The zero-order chi connectivity index (χ0) is 19.4. The first-order valence-electron chi connectivity index (χ1n) is 8.97. The van der Waals surface area contributed by atoms with Crippen molar-refractivity contribution >= 4 is 23.2 Å². The number of nitrogens with one attached hydrogen (secondary N) is 2. The molecule has 6 nitrogen and oxygen atoms in total. The molecule has 2 N–H and O–H groups in total. The Kier molecular flexibility index (Phi) is 5.35. The van der Waals surface area contributed by atoms with E-state index in [2.05, 4.69) is 10.6 Å². The Morgan fingerprint density at radius 1 is 1.22 bits per heavy atom. The molecule has 1 heterocycles. The summed E-state index contributed by atoms with van der Waals surface area (Å²) in [5.41, 5.74) is 1.51. The van der Waals surface area contributed by atoms with Gasteiger partial charge in [0.15, 0.2) is 0 Å². The van der Waals surface area contributed by atoms with Crippen molar-refractivity contribution in [3.8, 4) is 11.5 Å². The highest BCUT2D eigenvalue weighted by Gasteiger charge is 2.32. The topological polar surface area (TPSA) is 76.7 Å². The molecule has 0 aliphatic carbocycles. The molecule has 27 heavy (non-hydrogen) atoms. The summed E-state index contributed by atoms with van der Waals surface area (Å²) < 4.78 is 11.2. The third-order valence-corrected chi connectivity index (χ3v) is 4.32.